The summed E-state index contributed by atoms with van der Waals surface area (Å²) in [4.78, 5) is 2.60. The highest BCUT2D eigenvalue weighted by Gasteiger charge is 2.47. The zero-order valence-electron chi connectivity index (χ0n) is 10.6. The van der Waals surface area contributed by atoms with Crippen LogP contribution in [0, 0.1) is 5.41 Å². The Hall–Kier alpha value is -0.0800. The van der Waals surface area contributed by atoms with Gasteiger partial charge in [-0.05, 0) is 51.0 Å². The highest BCUT2D eigenvalue weighted by molar-refractivity contribution is 5.06. The van der Waals surface area contributed by atoms with Crippen LogP contribution in [0.4, 0.5) is 0 Å². The van der Waals surface area contributed by atoms with Gasteiger partial charge in [0, 0.05) is 18.1 Å². The SMILES string of the molecule is CN(C1CCC(C)(C)CC1)C1(CN)CC1. The molecule has 2 fully saturated rings. The van der Waals surface area contributed by atoms with Crippen molar-refractivity contribution in [1.29, 1.82) is 0 Å². The van der Waals surface area contributed by atoms with Crippen molar-refractivity contribution in [3.63, 3.8) is 0 Å². The molecule has 0 unspecified atom stereocenters. The average Bonchev–Trinajstić information content (AvgIpc) is 2.97. The standard InChI is InChI=1S/C13H26N2/c1-12(2)6-4-11(5-7-12)15(3)13(10-14)8-9-13/h11H,4-10,14H2,1-3H3. The number of nitrogens with zero attached hydrogens (tertiary/aromatic N) is 1. The average molecular weight is 210 g/mol. The molecule has 2 nitrogen and oxygen atoms in total. The van der Waals surface area contributed by atoms with Crippen molar-refractivity contribution >= 4 is 0 Å². The van der Waals surface area contributed by atoms with Gasteiger partial charge in [-0.1, -0.05) is 13.8 Å². The first kappa shape index (κ1) is 11.4. The fourth-order valence-electron chi connectivity index (χ4n) is 3.00. The second-order valence-corrected chi connectivity index (χ2v) is 6.43. The Morgan fingerprint density at radius 1 is 1.13 bits per heavy atom. The molecule has 2 aliphatic carbocycles. The number of hydrogen-bond donors (Lipinski definition) is 1. The molecule has 0 heterocycles. The Morgan fingerprint density at radius 3 is 2.07 bits per heavy atom. The van der Waals surface area contributed by atoms with Crippen LogP contribution in [0.1, 0.15) is 52.4 Å². The summed E-state index contributed by atoms with van der Waals surface area (Å²) in [6, 6.07) is 0.795. The third-order valence-corrected chi connectivity index (χ3v) is 4.81. The van der Waals surface area contributed by atoms with Gasteiger partial charge < -0.3 is 5.73 Å². The summed E-state index contributed by atoms with van der Waals surface area (Å²) in [6.07, 6.45) is 8.13. The smallest absolute Gasteiger partial charge is 0.0333 e. The Kier molecular flexibility index (Phi) is 2.85. The minimum Gasteiger partial charge on any atom is -0.329 e. The monoisotopic (exact) mass is 210 g/mol. The summed E-state index contributed by atoms with van der Waals surface area (Å²) in [5.41, 5.74) is 6.86. The van der Waals surface area contributed by atoms with Gasteiger partial charge in [-0.3, -0.25) is 4.90 Å². The Bertz CT molecular complexity index is 221. The summed E-state index contributed by atoms with van der Waals surface area (Å²) >= 11 is 0. The number of hydrogen-bond acceptors (Lipinski definition) is 2. The molecule has 15 heavy (non-hydrogen) atoms. The van der Waals surface area contributed by atoms with Crippen LogP contribution >= 0.6 is 0 Å². The Balaban J connectivity index is 1.90. The fourth-order valence-corrected chi connectivity index (χ4v) is 3.00. The summed E-state index contributed by atoms with van der Waals surface area (Å²) in [7, 11) is 2.29. The third-order valence-electron chi connectivity index (χ3n) is 4.81. The summed E-state index contributed by atoms with van der Waals surface area (Å²) in [5.74, 6) is 0. The molecule has 0 aromatic heterocycles. The van der Waals surface area contributed by atoms with Crippen LogP contribution in [0.5, 0.6) is 0 Å². The van der Waals surface area contributed by atoms with Crippen LogP contribution < -0.4 is 5.73 Å². The van der Waals surface area contributed by atoms with Crippen LogP contribution in [-0.4, -0.2) is 30.1 Å². The van der Waals surface area contributed by atoms with Crippen molar-refractivity contribution in [2.45, 2.75) is 64.0 Å². The molecular weight excluding hydrogens is 184 g/mol. The van der Waals surface area contributed by atoms with Crippen LogP contribution in [-0.2, 0) is 0 Å². The molecular formula is C13H26N2. The number of rotatable bonds is 3. The third kappa shape index (κ3) is 2.21. The lowest BCUT2D eigenvalue weighted by Gasteiger charge is -2.42. The maximum absolute atomic E-state index is 5.89. The van der Waals surface area contributed by atoms with E-state index in [0.29, 0.717) is 11.0 Å². The fraction of sp³-hybridized carbons (Fsp3) is 1.00. The molecule has 0 saturated heterocycles. The maximum Gasteiger partial charge on any atom is 0.0333 e. The van der Waals surface area contributed by atoms with Crippen molar-refractivity contribution in [3.05, 3.63) is 0 Å². The Morgan fingerprint density at radius 2 is 1.67 bits per heavy atom. The second kappa shape index (κ2) is 3.74. The number of nitrogens with two attached hydrogens (primary N) is 1. The van der Waals surface area contributed by atoms with Crippen molar-refractivity contribution in [1.82, 2.24) is 4.90 Å². The van der Waals surface area contributed by atoms with Gasteiger partial charge in [-0.25, -0.2) is 0 Å². The van der Waals surface area contributed by atoms with Crippen LogP contribution in [0.15, 0.2) is 0 Å². The highest BCUT2D eigenvalue weighted by atomic mass is 15.2. The van der Waals surface area contributed by atoms with Gasteiger partial charge in [0.1, 0.15) is 0 Å². The Labute approximate surface area is 94.2 Å². The van der Waals surface area contributed by atoms with Crippen LogP contribution in [0.2, 0.25) is 0 Å². The molecule has 2 rings (SSSR count). The van der Waals surface area contributed by atoms with E-state index in [4.69, 9.17) is 5.73 Å². The lowest BCUT2D eigenvalue weighted by molar-refractivity contribution is 0.0867. The van der Waals surface area contributed by atoms with Crippen molar-refractivity contribution in [2.24, 2.45) is 11.1 Å². The molecule has 2 N–H and O–H groups in total. The van der Waals surface area contributed by atoms with Crippen molar-refractivity contribution < 1.29 is 0 Å². The molecule has 2 heteroatoms. The zero-order valence-corrected chi connectivity index (χ0v) is 10.6. The lowest BCUT2D eigenvalue weighted by Crippen LogP contribution is -2.48. The minimum absolute atomic E-state index is 0.395. The zero-order chi connectivity index (χ0) is 11.1. The van der Waals surface area contributed by atoms with E-state index in [1.165, 1.54) is 38.5 Å². The summed E-state index contributed by atoms with van der Waals surface area (Å²) in [5, 5.41) is 0. The van der Waals surface area contributed by atoms with Gasteiger partial charge >= 0.3 is 0 Å². The van der Waals surface area contributed by atoms with Crippen LogP contribution in [0.25, 0.3) is 0 Å². The molecule has 0 bridgehead atoms. The summed E-state index contributed by atoms with van der Waals surface area (Å²) in [6.45, 7) is 5.65. The summed E-state index contributed by atoms with van der Waals surface area (Å²) < 4.78 is 0. The maximum atomic E-state index is 5.89. The van der Waals surface area contributed by atoms with E-state index in [-0.39, 0.29) is 0 Å². The lowest BCUT2D eigenvalue weighted by atomic mass is 9.75. The van der Waals surface area contributed by atoms with E-state index in [9.17, 15) is 0 Å². The first-order valence-corrected chi connectivity index (χ1v) is 6.42. The predicted octanol–water partition coefficient (Wildman–Crippen LogP) is 2.38. The molecule has 0 radical (unpaired) electrons. The van der Waals surface area contributed by atoms with E-state index in [1.807, 2.05) is 0 Å². The molecule has 0 atom stereocenters. The topological polar surface area (TPSA) is 29.3 Å². The van der Waals surface area contributed by atoms with E-state index < -0.39 is 0 Å². The normalized spacial score (nSPS) is 29.4. The quantitative estimate of drug-likeness (QED) is 0.775. The van der Waals surface area contributed by atoms with Gasteiger partial charge in [0.25, 0.3) is 0 Å². The van der Waals surface area contributed by atoms with Crippen molar-refractivity contribution in [3.8, 4) is 0 Å². The number of likely N-dealkylation sites (N-methyl/N-ethyl adjacent to an activating group) is 1. The molecule has 0 aromatic rings. The van der Waals surface area contributed by atoms with Gasteiger partial charge in [0.2, 0.25) is 0 Å². The first-order chi connectivity index (χ1) is 6.99. The molecule has 0 amide bonds. The van der Waals surface area contributed by atoms with E-state index in [1.54, 1.807) is 0 Å². The van der Waals surface area contributed by atoms with Gasteiger partial charge in [-0.15, -0.1) is 0 Å². The van der Waals surface area contributed by atoms with Crippen LogP contribution in [0.3, 0.4) is 0 Å². The first-order valence-electron chi connectivity index (χ1n) is 6.42. The molecule has 2 saturated carbocycles. The molecule has 88 valence electrons. The largest absolute Gasteiger partial charge is 0.329 e. The molecule has 0 spiro atoms. The van der Waals surface area contributed by atoms with Gasteiger partial charge in [0.05, 0.1) is 0 Å². The highest BCUT2D eigenvalue weighted by Crippen LogP contribution is 2.45. The molecule has 0 aromatic carbocycles. The second-order valence-electron chi connectivity index (χ2n) is 6.43. The molecule has 0 aliphatic heterocycles. The minimum atomic E-state index is 0.395. The molecule has 2 aliphatic rings. The predicted molar refractivity (Wildman–Crippen MR) is 64.8 cm³/mol. The van der Waals surface area contributed by atoms with Gasteiger partial charge in [0.15, 0.2) is 0 Å². The van der Waals surface area contributed by atoms with Gasteiger partial charge in [-0.2, -0.15) is 0 Å². The van der Waals surface area contributed by atoms with E-state index in [0.717, 1.165) is 12.6 Å². The van der Waals surface area contributed by atoms with E-state index in [2.05, 4.69) is 25.8 Å². The van der Waals surface area contributed by atoms with E-state index >= 15 is 0 Å². The van der Waals surface area contributed by atoms with Crippen molar-refractivity contribution in [2.75, 3.05) is 13.6 Å².